The molecule has 2 aliphatic rings. The number of rotatable bonds is 6. The number of aromatic nitrogens is 2. The number of nitrogens with zero attached hydrogens (tertiary/aromatic N) is 3. The molecular formula is C25H26N4O3S. The number of allylic oxidation sites excluding steroid dienone is 1. The highest BCUT2D eigenvalue weighted by Crippen LogP contribution is 2.39. The molecule has 0 aliphatic carbocycles. The van der Waals surface area contributed by atoms with Crippen LogP contribution in [0.2, 0.25) is 0 Å². The number of hydrogen-bond donors (Lipinski definition) is 1. The molecule has 2 aliphatic heterocycles. The first-order valence-corrected chi connectivity index (χ1v) is 11.6. The minimum atomic E-state index is -0.179. The van der Waals surface area contributed by atoms with Crippen LogP contribution >= 0.6 is 12.2 Å². The Labute approximate surface area is 198 Å². The van der Waals surface area contributed by atoms with Crippen molar-refractivity contribution >= 4 is 22.9 Å². The highest BCUT2D eigenvalue weighted by molar-refractivity contribution is 7.80. The van der Waals surface area contributed by atoms with Crippen molar-refractivity contribution in [3.8, 4) is 22.9 Å². The lowest BCUT2D eigenvalue weighted by Crippen LogP contribution is -2.46. The van der Waals surface area contributed by atoms with Gasteiger partial charge in [-0.1, -0.05) is 43.3 Å². The monoisotopic (exact) mass is 462 g/mol. The lowest BCUT2D eigenvalue weighted by molar-refractivity contribution is 0.174. The maximum atomic E-state index is 5.81. The Balaban J connectivity index is 1.56. The van der Waals surface area contributed by atoms with Crippen LogP contribution in [0.3, 0.4) is 0 Å². The predicted molar refractivity (Wildman–Crippen MR) is 130 cm³/mol. The van der Waals surface area contributed by atoms with Gasteiger partial charge in [0.2, 0.25) is 12.6 Å². The standard InChI is InChI=1S/C25H26N4O3S/c1-4-12-29-15(3)21(22(26-25(29)33)17-8-6-16(5-2)7-9-17)24-27-23(28-32-24)18-10-11-19-20(13-18)31-14-30-19/h6-11,13,22H,4-5,12,14H2,1-3H3,(H,26,33). The maximum Gasteiger partial charge on any atom is 0.258 e. The Hall–Kier alpha value is -3.39. The van der Waals surface area contributed by atoms with E-state index in [0.717, 1.165) is 47.5 Å². The van der Waals surface area contributed by atoms with Crippen molar-refractivity contribution in [3.05, 3.63) is 65.2 Å². The fourth-order valence-electron chi connectivity index (χ4n) is 4.23. The highest BCUT2D eigenvalue weighted by atomic mass is 32.1. The minimum Gasteiger partial charge on any atom is -0.454 e. The number of hydrogen-bond acceptors (Lipinski definition) is 6. The van der Waals surface area contributed by atoms with Gasteiger partial charge in [-0.2, -0.15) is 4.98 Å². The summed E-state index contributed by atoms with van der Waals surface area (Å²) >= 11 is 5.71. The molecule has 0 amide bonds. The molecule has 5 rings (SSSR count). The SMILES string of the molecule is CCCN1C(=S)NC(c2ccc(CC)cc2)C(c2nc(-c3ccc4c(c3)OCO4)no2)=C1C. The Morgan fingerprint density at radius 2 is 1.88 bits per heavy atom. The van der Waals surface area contributed by atoms with Gasteiger partial charge in [-0.3, -0.25) is 0 Å². The smallest absolute Gasteiger partial charge is 0.258 e. The third-order valence-corrected chi connectivity index (χ3v) is 6.39. The number of fused-ring (bicyclic) bond motifs is 1. The van der Waals surface area contributed by atoms with Crippen LogP contribution in [-0.4, -0.2) is 33.5 Å². The van der Waals surface area contributed by atoms with Crippen LogP contribution in [0.15, 0.2) is 52.7 Å². The molecule has 1 N–H and O–H groups in total. The van der Waals surface area contributed by atoms with Gasteiger partial charge in [-0.05, 0) is 61.3 Å². The Morgan fingerprint density at radius 3 is 2.64 bits per heavy atom. The Morgan fingerprint density at radius 1 is 1.09 bits per heavy atom. The summed E-state index contributed by atoms with van der Waals surface area (Å²) in [4.78, 5) is 6.87. The highest BCUT2D eigenvalue weighted by Gasteiger charge is 2.33. The first-order chi connectivity index (χ1) is 16.1. The van der Waals surface area contributed by atoms with E-state index < -0.39 is 0 Å². The molecule has 7 nitrogen and oxygen atoms in total. The molecule has 3 aromatic rings. The largest absolute Gasteiger partial charge is 0.454 e. The van der Waals surface area contributed by atoms with Gasteiger partial charge in [0.05, 0.1) is 11.6 Å². The van der Waals surface area contributed by atoms with Gasteiger partial charge in [0.1, 0.15) is 0 Å². The van der Waals surface area contributed by atoms with E-state index >= 15 is 0 Å². The van der Waals surface area contributed by atoms with Gasteiger partial charge in [-0.15, -0.1) is 0 Å². The lowest BCUT2D eigenvalue weighted by atomic mass is 9.94. The Kier molecular flexibility index (Phi) is 5.76. The van der Waals surface area contributed by atoms with Gasteiger partial charge >= 0.3 is 0 Å². The van der Waals surface area contributed by atoms with Crippen molar-refractivity contribution < 1.29 is 14.0 Å². The first kappa shape index (κ1) is 21.5. The van der Waals surface area contributed by atoms with Gasteiger partial charge in [-0.25, -0.2) is 0 Å². The molecular weight excluding hydrogens is 436 g/mol. The number of thiocarbonyl (C=S) groups is 1. The van der Waals surface area contributed by atoms with Crippen LogP contribution < -0.4 is 14.8 Å². The molecule has 0 bridgehead atoms. The fraction of sp³-hybridized carbons (Fsp3) is 0.320. The summed E-state index contributed by atoms with van der Waals surface area (Å²) in [6, 6.07) is 14.0. The topological polar surface area (TPSA) is 72.7 Å². The second-order valence-electron chi connectivity index (χ2n) is 8.12. The van der Waals surface area contributed by atoms with E-state index in [2.05, 4.69) is 60.4 Å². The molecule has 0 radical (unpaired) electrons. The molecule has 0 spiro atoms. The van der Waals surface area contributed by atoms with Crippen LogP contribution in [0.1, 0.15) is 50.3 Å². The van der Waals surface area contributed by atoms with Gasteiger partial charge in [0.15, 0.2) is 16.6 Å². The van der Waals surface area contributed by atoms with E-state index in [1.54, 1.807) is 0 Å². The summed E-state index contributed by atoms with van der Waals surface area (Å²) in [6.07, 6.45) is 1.96. The van der Waals surface area contributed by atoms with Crippen LogP contribution in [0, 0.1) is 0 Å². The minimum absolute atomic E-state index is 0.179. The molecule has 0 saturated heterocycles. The molecule has 0 fully saturated rings. The second kappa shape index (κ2) is 8.86. The molecule has 1 aromatic heterocycles. The lowest BCUT2D eigenvalue weighted by Gasteiger charge is -2.37. The number of benzene rings is 2. The van der Waals surface area contributed by atoms with Crippen LogP contribution in [0.4, 0.5) is 0 Å². The summed E-state index contributed by atoms with van der Waals surface area (Å²) in [5, 5.41) is 8.48. The first-order valence-electron chi connectivity index (χ1n) is 11.2. The molecule has 3 heterocycles. The van der Waals surface area contributed by atoms with Crippen molar-refractivity contribution in [2.24, 2.45) is 0 Å². The summed E-state index contributed by atoms with van der Waals surface area (Å²) in [7, 11) is 0. The van der Waals surface area contributed by atoms with E-state index in [9.17, 15) is 0 Å². The van der Waals surface area contributed by atoms with Crippen LogP contribution in [0.25, 0.3) is 17.0 Å². The summed E-state index contributed by atoms with van der Waals surface area (Å²) in [6.45, 7) is 7.38. The molecule has 8 heteroatoms. The third kappa shape index (κ3) is 3.95. The maximum absolute atomic E-state index is 5.81. The van der Waals surface area contributed by atoms with Crippen LogP contribution in [0.5, 0.6) is 11.5 Å². The molecule has 0 saturated carbocycles. The quantitative estimate of drug-likeness (QED) is 0.507. The zero-order chi connectivity index (χ0) is 22.9. The van der Waals surface area contributed by atoms with Gasteiger partial charge in [0.25, 0.3) is 5.89 Å². The zero-order valence-electron chi connectivity index (χ0n) is 18.9. The van der Waals surface area contributed by atoms with E-state index in [4.69, 9.17) is 31.2 Å². The van der Waals surface area contributed by atoms with Gasteiger partial charge in [0, 0.05) is 17.8 Å². The second-order valence-corrected chi connectivity index (χ2v) is 8.51. The molecule has 33 heavy (non-hydrogen) atoms. The van der Waals surface area contributed by atoms with Crippen molar-refractivity contribution in [1.82, 2.24) is 20.4 Å². The zero-order valence-corrected chi connectivity index (χ0v) is 19.7. The fourth-order valence-corrected chi connectivity index (χ4v) is 4.58. The average molecular weight is 463 g/mol. The number of ether oxygens (including phenoxy) is 2. The summed E-state index contributed by atoms with van der Waals surface area (Å²) < 4.78 is 16.7. The van der Waals surface area contributed by atoms with E-state index in [1.807, 2.05) is 18.2 Å². The molecule has 170 valence electrons. The van der Waals surface area contributed by atoms with E-state index in [1.165, 1.54) is 5.56 Å². The van der Waals surface area contributed by atoms with Crippen LogP contribution in [-0.2, 0) is 6.42 Å². The normalized spacial score (nSPS) is 17.5. The van der Waals surface area contributed by atoms with E-state index in [-0.39, 0.29) is 12.8 Å². The predicted octanol–water partition coefficient (Wildman–Crippen LogP) is 5.10. The van der Waals surface area contributed by atoms with E-state index in [0.29, 0.717) is 22.6 Å². The molecule has 1 atom stereocenters. The molecule has 2 aromatic carbocycles. The van der Waals surface area contributed by atoms with Crippen molar-refractivity contribution in [2.45, 2.75) is 39.7 Å². The molecule has 1 unspecified atom stereocenters. The summed E-state index contributed by atoms with van der Waals surface area (Å²) in [5.74, 6) is 2.37. The van der Waals surface area contributed by atoms with Crippen molar-refractivity contribution in [2.75, 3.05) is 13.3 Å². The average Bonchev–Trinajstić information content (AvgIpc) is 3.50. The number of aryl methyl sites for hydroxylation is 1. The van der Waals surface area contributed by atoms with Gasteiger partial charge < -0.3 is 24.2 Å². The van der Waals surface area contributed by atoms with Crippen molar-refractivity contribution in [3.63, 3.8) is 0 Å². The van der Waals surface area contributed by atoms with Crippen molar-refractivity contribution in [1.29, 1.82) is 0 Å². The third-order valence-electron chi connectivity index (χ3n) is 6.05. The summed E-state index contributed by atoms with van der Waals surface area (Å²) in [5.41, 5.74) is 5.14. The Bertz CT molecular complexity index is 1220. The number of nitrogens with one attached hydrogen (secondary N) is 1.